The lowest BCUT2D eigenvalue weighted by atomic mass is 10.2. The van der Waals surface area contributed by atoms with Crippen molar-refractivity contribution in [3.63, 3.8) is 0 Å². The summed E-state index contributed by atoms with van der Waals surface area (Å²) in [6.45, 7) is 2.30. The van der Waals surface area contributed by atoms with Crippen molar-refractivity contribution in [1.82, 2.24) is 14.9 Å². The molecule has 1 N–H and O–H groups in total. The SMILES string of the molecule is COc1ccc(-c2noc(CNS(=O)(=O)c3ccc(N4CCCC4=O)c(C)c3)n2)cc1. The molecule has 0 bridgehead atoms. The number of rotatable bonds is 7. The van der Waals surface area contributed by atoms with E-state index in [1.54, 1.807) is 55.3 Å². The Bertz CT molecular complexity index is 1200. The lowest BCUT2D eigenvalue weighted by Crippen LogP contribution is -2.26. The van der Waals surface area contributed by atoms with Crippen LogP contribution in [-0.2, 0) is 21.4 Å². The minimum absolute atomic E-state index is 0.0564. The van der Waals surface area contributed by atoms with Crippen LogP contribution in [0, 0.1) is 6.92 Å². The lowest BCUT2D eigenvalue weighted by Gasteiger charge is -2.19. The minimum Gasteiger partial charge on any atom is -0.497 e. The van der Waals surface area contributed by atoms with Crippen LogP contribution in [0.15, 0.2) is 51.9 Å². The molecule has 1 aliphatic rings. The predicted molar refractivity (Wildman–Crippen MR) is 113 cm³/mol. The van der Waals surface area contributed by atoms with E-state index in [0.29, 0.717) is 24.5 Å². The Balaban J connectivity index is 1.45. The number of anilines is 1. The van der Waals surface area contributed by atoms with Gasteiger partial charge in [-0.3, -0.25) is 4.79 Å². The number of carbonyl (C=O) groups excluding carboxylic acids is 1. The zero-order chi connectivity index (χ0) is 22.0. The third-order valence-corrected chi connectivity index (χ3v) is 6.47. The van der Waals surface area contributed by atoms with Crippen molar-refractivity contribution in [2.45, 2.75) is 31.2 Å². The second-order valence-corrected chi connectivity index (χ2v) is 8.93. The van der Waals surface area contributed by atoms with Crippen LogP contribution in [0.4, 0.5) is 5.69 Å². The van der Waals surface area contributed by atoms with E-state index in [-0.39, 0.29) is 23.2 Å². The van der Waals surface area contributed by atoms with Crippen LogP contribution in [0.2, 0.25) is 0 Å². The van der Waals surface area contributed by atoms with Crippen molar-refractivity contribution >= 4 is 21.6 Å². The highest BCUT2D eigenvalue weighted by molar-refractivity contribution is 7.89. The van der Waals surface area contributed by atoms with Crippen LogP contribution in [0.5, 0.6) is 5.75 Å². The molecule has 3 aromatic rings. The molecule has 0 unspecified atom stereocenters. The number of methoxy groups -OCH3 is 1. The van der Waals surface area contributed by atoms with Gasteiger partial charge in [-0.05, 0) is 61.4 Å². The van der Waals surface area contributed by atoms with Crippen LogP contribution in [-0.4, -0.2) is 38.1 Å². The summed E-state index contributed by atoms with van der Waals surface area (Å²) in [6, 6.07) is 11.8. The first kappa shape index (κ1) is 21.0. The van der Waals surface area contributed by atoms with E-state index in [4.69, 9.17) is 9.26 Å². The molecule has 1 saturated heterocycles. The van der Waals surface area contributed by atoms with Crippen LogP contribution in [0.25, 0.3) is 11.4 Å². The Morgan fingerprint density at radius 1 is 1.19 bits per heavy atom. The highest BCUT2D eigenvalue weighted by Crippen LogP contribution is 2.27. The summed E-state index contributed by atoms with van der Waals surface area (Å²) in [6.07, 6.45) is 1.33. The summed E-state index contributed by atoms with van der Waals surface area (Å²) < 4.78 is 38.2. The smallest absolute Gasteiger partial charge is 0.242 e. The second kappa shape index (κ2) is 8.48. The topological polar surface area (TPSA) is 115 Å². The largest absolute Gasteiger partial charge is 0.497 e. The standard InChI is InChI=1S/C21H22N4O5S/c1-14-12-17(9-10-18(14)25-11-3-4-20(25)26)31(27,28)22-13-19-23-21(24-30-19)15-5-7-16(29-2)8-6-15/h5-10,12,22H,3-4,11,13H2,1-2H3. The van der Waals surface area contributed by atoms with E-state index in [2.05, 4.69) is 14.9 Å². The molecule has 1 fully saturated rings. The fourth-order valence-corrected chi connectivity index (χ4v) is 4.48. The maximum Gasteiger partial charge on any atom is 0.242 e. The van der Waals surface area contributed by atoms with Gasteiger partial charge in [0.15, 0.2) is 0 Å². The van der Waals surface area contributed by atoms with Gasteiger partial charge < -0.3 is 14.2 Å². The van der Waals surface area contributed by atoms with Gasteiger partial charge in [0.25, 0.3) is 0 Å². The summed E-state index contributed by atoms with van der Waals surface area (Å²) in [7, 11) is -2.22. The highest BCUT2D eigenvalue weighted by atomic mass is 32.2. The molecule has 9 nitrogen and oxygen atoms in total. The predicted octanol–water partition coefficient (Wildman–Crippen LogP) is 2.66. The van der Waals surface area contributed by atoms with Crippen LogP contribution >= 0.6 is 0 Å². The maximum atomic E-state index is 12.7. The number of aryl methyl sites for hydroxylation is 1. The van der Waals surface area contributed by atoms with Crippen molar-refractivity contribution in [3.05, 3.63) is 53.9 Å². The molecule has 0 atom stereocenters. The first-order chi connectivity index (χ1) is 14.9. The van der Waals surface area contributed by atoms with Crippen LogP contribution in [0.1, 0.15) is 24.3 Å². The number of benzene rings is 2. The molecule has 2 heterocycles. The molecule has 10 heteroatoms. The molecule has 0 aliphatic carbocycles. The number of sulfonamides is 1. The maximum absolute atomic E-state index is 12.7. The fourth-order valence-electron chi connectivity index (χ4n) is 3.42. The Hall–Kier alpha value is -3.24. The fraction of sp³-hybridized carbons (Fsp3) is 0.286. The summed E-state index contributed by atoms with van der Waals surface area (Å²) in [5.41, 5.74) is 2.18. The van der Waals surface area contributed by atoms with E-state index in [0.717, 1.165) is 23.2 Å². The molecule has 2 aromatic carbocycles. The Labute approximate surface area is 180 Å². The molecule has 0 spiro atoms. The Morgan fingerprint density at radius 2 is 1.97 bits per heavy atom. The number of amides is 1. The normalized spacial score (nSPS) is 14.3. The highest BCUT2D eigenvalue weighted by Gasteiger charge is 2.24. The van der Waals surface area contributed by atoms with Gasteiger partial charge in [-0.15, -0.1) is 0 Å². The van der Waals surface area contributed by atoms with E-state index in [1.807, 2.05) is 0 Å². The third-order valence-electron chi connectivity index (χ3n) is 5.07. The molecule has 162 valence electrons. The average Bonchev–Trinajstić information content (AvgIpc) is 3.41. The van der Waals surface area contributed by atoms with Gasteiger partial charge >= 0.3 is 0 Å². The van der Waals surface area contributed by atoms with E-state index in [1.165, 1.54) is 6.07 Å². The molecule has 0 saturated carbocycles. The molecule has 1 amide bonds. The van der Waals surface area contributed by atoms with Gasteiger partial charge in [0.2, 0.25) is 27.6 Å². The molecule has 1 aromatic heterocycles. The summed E-state index contributed by atoms with van der Waals surface area (Å²) in [5, 5.41) is 3.89. The van der Waals surface area contributed by atoms with Gasteiger partial charge in [0.1, 0.15) is 5.75 Å². The number of hydrogen-bond donors (Lipinski definition) is 1. The molecular formula is C21H22N4O5S. The lowest BCUT2D eigenvalue weighted by molar-refractivity contribution is -0.117. The number of ether oxygens (including phenoxy) is 1. The number of nitrogens with one attached hydrogen (secondary N) is 1. The van der Waals surface area contributed by atoms with Gasteiger partial charge in [-0.25, -0.2) is 13.1 Å². The van der Waals surface area contributed by atoms with Gasteiger partial charge in [-0.1, -0.05) is 5.16 Å². The first-order valence-corrected chi connectivity index (χ1v) is 11.2. The first-order valence-electron chi connectivity index (χ1n) is 9.75. The molecule has 0 radical (unpaired) electrons. The van der Waals surface area contributed by atoms with Crippen LogP contribution < -0.4 is 14.4 Å². The minimum atomic E-state index is -3.80. The molecular weight excluding hydrogens is 420 g/mol. The molecule has 31 heavy (non-hydrogen) atoms. The van der Waals surface area contributed by atoms with E-state index >= 15 is 0 Å². The van der Waals surface area contributed by atoms with E-state index in [9.17, 15) is 13.2 Å². The van der Waals surface area contributed by atoms with Crippen molar-refractivity contribution in [2.75, 3.05) is 18.6 Å². The number of aromatic nitrogens is 2. The Kier molecular flexibility index (Phi) is 5.75. The van der Waals surface area contributed by atoms with Gasteiger partial charge in [0.05, 0.1) is 18.6 Å². The monoisotopic (exact) mass is 442 g/mol. The second-order valence-electron chi connectivity index (χ2n) is 7.16. The summed E-state index contributed by atoms with van der Waals surface area (Å²) in [4.78, 5) is 18.0. The van der Waals surface area contributed by atoms with Crippen molar-refractivity contribution < 1.29 is 22.5 Å². The van der Waals surface area contributed by atoms with Crippen molar-refractivity contribution in [3.8, 4) is 17.1 Å². The Morgan fingerprint density at radius 3 is 2.61 bits per heavy atom. The molecule has 4 rings (SSSR count). The zero-order valence-corrected chi connectivity index (χ0v) is 18.0. The van der Waals surface area contributed by atoms with Gasteiger partial charge in [0, 0.05) is 24.2 Å². The van der Waals surface area contributed by atoms with Gasteiger partial charge in [-0.2, -0.15) is 4.98 Å². The van der Waals surface area contributed by atoms with E-state index < -0.39 is 10.0 Å². The number of hydrogen-bond acceptors (Lipinski definition) is 7. The number of carbonyl (C=O) groups is 1. The summed E-state index contributed by atoms with van der Waals surface area (Å²) >= 11 is 0. The average molecular weight is 442 g/mol. The van der Waals surface area contributed by atoms with Crippen LogP contribution in [0.3, 0.4) is 0 Å². The van der Waals surface area contributed by atoms with Crippen molar-refractivity contribution in [2.24, 2.45) is 0 Å². The summed E-state index contributed by atoms with van der Waals surface area (Å²) in [5.74, 6) is 1.26. The molecule has 1 aliphatic heterocycles. The number of nitrogens with zero attached hydrogens (tertiary/aromatic N) is 3. The quantitative estimate of drug-likeness (QED) is 0.598. The third kappa shape index (κ3) is 4.44. The zero-order valence-electron chi connectivity index (χ0n) is 17.2. The van der Waals surface area contributed by atoms with Crippen molar-refractivity contribution in [1.29, 1.82) is 0 Å².